The maximum atomic E-state index is 12.3. The second-order valence-electron chi connectivity index (χ2n) is 7.20. The van der Waals surface area contributed by atoms with Crippen LogP contribution in [0.1, 0.15) is 30.4 Å². The predicted octanol–water partition coefficient (Wildman–Crippen LogP) is 4.59. The molecule has 0 N–H and O–H groups in total. The number of carbonyl (C=O) groups excluding carboxylic acids is 1. The van der Waals surface area contributed by atoms with Gasteiger partial charge < -0.3 is 4.74 Å². The van der Waals surface area contributed by atoms with Gasteiger partial charge in [-0.25, -0.2) is 0 Å². The van der Waals surface area contributed by atoms with E-state index >= 15 is 0 Å². The highest BCUT2D eigenvalue weighted by Gasteiger charge is 2.51. The summed E-state index contributed by atoms with van der Waals surface area (Å²) >= 11 is 0. The van der Waals surface area contributed by atoms with Crippen molar-refractivity contribution in [3.05, 3.63) is 84.4 Å². The normalized spacial score (nSPS) is 21.8. The highest BCUT2D eigenvalue weighted by Crippen LogP contribution is 2.48. The van der Waals surface area contributed by atoms with Crippen LogP contribution in [-0.2, 0) is 22.6 Å². The predicted molar refractivity (Wildman–Crippen MR) is 104 cm³/mol. The molecule has 136 valence electrons. The van der Waals surface area contributed by atoms with Crippen LogP contribution in [-0.4, -0.2) is 24.0 Å². The van der Waals surface area contributed by atoms with Gasteiger partial charge in [-0.15, -0.1) is 6.58 Å². The van der Waals surface area contributed by atoms with Crippen molar-refractivity contribution < 1.29 is 9.53 Å². The third kappa shape index (κ3) is 4.05. The Hall–Kier alpha value is -2.39. The van der Waals surface area contributed by atoms with Gasteiger partial charge >= 0.3 is 5.97 Å². The number of rotatable bonds is 8. The molecule has 2 aromatic rings. The van der Waals surface area contributed by atoms with Crippen molar-refractivity contribution in [2.45, 2.75) is 38.4 Å². The van der Waals surface area contributed by atoms with Crippen LogP contribution in [0.4, 0.5) is 0 Å². The van der Waals surface area contributed by atoms with Crippen LogP contribution in [0.5, 0.6) is 0 Å². The molecule has 1 aliphatic rings. The van der Waals surface area contributed by atoms with Crippen molar-refractivity contribution in [2.75, 3.05) is 7.11 Å². The fourth-order valence-electron chi connectivity index (χ4n) is 3.96. The zero-order chi connectivity index (χ0) is 18.4. The summed E-state index contributed by atoms with van der Waals surface area (Å²) in [5, 5.41) is 0. The highest BCUT2D eigenvalue weighted by molar-refractivity contribution is 5.78. The van der Waals surface area contributed by atoms with Gasteiger partial charge in [0.05, 0.1) is 12.5 Å². The first-order valence-electron chi connectivity index (χ1n) is 9.18. The number of carbonyl (C=O) groups is 1. The molecule has 0 heterocycles. The number of allylic oxidation sites excluding steroid dienone is 1. The number of benzene rings is 2. The summed E-state index contributed by atoms with van der Waals surface area (Å²) in [5.41, 5.74) is 2.19. The van der Waals surface area contributed by atoms with Crippen LogP contribution in [0.25, 0.3) is 0 Å². The van der Waals surface area contributed by atoms with Crippen molar-refractivity contribution in [3.8, 4) is 0 Å². The van der Waals surface area contributed by atoms with Gasteiger partial charge in [0, 0.05) is 19.1 Å². The van der Waals surface area contributed by atoms with Crippen molar-refractivity contribution >= 4 is 5.97 Å². The average Bonchev–Trinajstić information content (AvgIpc) is 2.65. The molecular formula is C23H27NO2. The summed E-state index contributed by atoms with van der Waals surface area (Å²) in [7, 11) is 1.48. The molecule has 1 aliphatic carbocycles. The van der Waals surface area contributed by atoms with E-state index < -0.39 is 5.41 Å². The molecule has 0 amide bonds. The van der Waals surface area contributed by atoms with Crippen molar-refractivity contribution in [1.29, 1.82) is 0 Å². The van der Waals surface area contributed by atoms with E-state index in [0.29, 0.717) is 12.5 Å². The Balaban J connectivity index is 1.75. The number of nitrogens with zero attached hydrogens (tertiary/aromatic N) is 1. The van der Waals surface area contributed by atoms with Gasteiger partial charge in [-0.1, -0.05) is 66.7 Å². The Morgan fingerprint density at radius 2 is 1.58 bits per heavy atom. The molecule has 0 saturated heterocycles. The minimum Gasteiger partial charge on any atom is -0.469 e. The molecule has 0 unspecified atom stereocenters. The summed E-state index contributed by atoms with van der Waals surface area (Å²) in [6.07, 6.45) is 4.17. The van der Waals surface area contributed by atoms with Crippen molar-refractivity contribution in [3.63, 3.8) is 0 Å². The summed E-state index contributed by atoms with van der Waals surface area (Å²) in [6.45, 7) is 5.59. The lowest BCUT2D eigenvalue weighted by molar-refractivity contribution is -0.163. The van der Waals surface area contributed by atoms with Crippen LogP contribution in [0.2, 0.25) is 0 Å². The maximum absolute atomic E-state index is 12.3. The molecule has 0 radical (unpaired) electrons. The van der Waals surface area contributed by atoms with E-state index in [-0.39, 0.29) is 5.97 Å². The Kier molecular flexibility index (Phi) is 5.89. The van der Waals surface area contributed by atoms with E-state index in [1.165, 1.54) is 18.2 Å². The zero-order valence-corrected chi connectivity index (χ0v) is 15.4. The fraction of sp³-hybridized carbons (Fsp3) is 0.348. The summed E-state index contributed by atoms with van der Waals surface area (Å²) in [6, 6.07) is 21.4. The third-order valence-corrected chi connectivity index (χ3v) is 5.38. The summed E-state index contributed by atoms with van der Waals surface area (Å²) in [4.78, 5) is 14.8. The Morgan fingerprint density at radius 1 is 1.08 bits per heavy atom. The first-order chi connectivity index (χ1) is 12.7. The van der Waals surface area contributed by atoms with E-state index in [1.807, 2.05) is 18.2 Å². The molecule has 1 saturated carbocycles. The number of ether oxygens (including phenoxy) is 1. The smallest absolute Gasteiger partial charge is 0.312 e. The first kappa shape index (κ1) is 18.4. The lowest BCUT2D eigenvalue weighted by Gasteiger charge is -2.49. The quantitative estimate of drug-likeness (QED) is 0.516. The SMILES string of the molecule is C=CC[C@]1(C(=O)OC)C[C@@H](N(Cc2ccccc2)Cc2ccccc2)C1. The molecule has 2 aromatic carbocycles. The monoisotopic (exact) mass is 349 g/mol. The van der Waals surface area contributed by atoms with Gasteiger partial charge in [0.25, 0.3) is 0 Å². The number of hydrogen-bond donors (Lipinski definition) is 0. The molecule has 1 fully saturated rings. The molecule has 3 nitrogen and oxygen atoms in total. The Bertz CT molecular complexity index is 679. The molecule has 3 heteroatoms. The second kappa shape index (κ2) is 8.33. The lowest BCUT2D eigenvalue weighted by Crippen LogP contribution is -2.54. The second-order valence-corrected chi connectivity index (χ2v) is 7.20. The van der Waals surface area contributed by atoms with Crippen LogP contribution in [0, 0.1) is 5.41 Å². The van der Waals surface area contributed by atoms with Gasteiger partial charge in [-0.3, -0.25) is 9.69 Å². The summed E-state index contributed by atoms with van der Waals surface area (Å²) in [5.74, 6) is -0.104. The molecule has 0 aliphatic heterocycles. The molecule has 3 rings (SSSR count). The zero-order valence-electron chi connectivity index (χ0n) is 15.4. The Labute approximate surface area is 156 Å². The van der Waals surface area contributed by atoms with E-state index in [1.54, 1.807) is 0 Å². The molecule has 0 atom stereocenters. The van der Waals surface area contributed by atoms with Gasteiger partial charge in [0.2, 0.25) is 0 Å². The fourth-order valence-corrected chi connectivity index (χ4v) is 3.96. The minimum atomic E-state index is -0.396. The largest absolute Gasteiger partial charge is 0.469 e. The van der Waals surface area contributed by atoms with Crippen LogP contribution >= 0.6 is 0 Å². The van der Waals surface area contributed by atoms with Crippen LogP contribution in [0.3, 0.4) is 0 Å². The van der Waals surface area contributed by atoms with Gasteiger partial charge in [0.1, 0.15) is 0 Å². The highest BCUT2D eigenvalue weighted by atomic mass is 16.5. The number of hydrogen-bond acceptors (Lipinski definition) is 3. The maximum Gasteiger partial charge on any atom is 0.312 e. The van der Waals surface area contributed by atoms with Gasteiger partial charge in [-0.05, 0) is 30.4 Å². The molecule has 0 bridgehead atoms. The topological polar surface area (TPSA) is 29.5 Å². The van der Waals surface area contributed by atoms with Crippen LogP contribution < -0.4 is 0 Å². The Morgan fingerprint density at radius 3 is 2.00 bits per heavy atom. The van der Waals surface area contributed by atoms with E-state index in [9.17, 15) is 4.79 Å². The summed E-state index contributed by atoms with van der Waals surface area (Å²) < 4.78 is 5.07. The molecule has 0 aromatic heterocycles. The van der Waals surface area contributed by atoms with E-state index in [4.69, 9.17) is 4.74 Å². The lowest BCUT2D eigenvalue weighted by atomic mass is 9.63. The number of esters is 1. The van der Waals surface area contributed by atoms with Crippen molar-refractivity contribution in [1.82, 2.24) is 4.90 Å². The molecule has 26 heavy (non-hydrogen) atoms. The van der Waals surface area contributed by atoms with Crippen LogP contribution in [0.15, 0.2) is 73.3 Å². The van der Waals surface area contributed by atoms with Gasteiger partial charge in [-0.2, -0.15) is 0 Å². The third-order valence-electron chi connectivity index (χ3n) is 5.38. The van der Waals surface area contributed by atoms with E-state index in [0.717, 1.165) is 25.9 Å². The molecular weight excluding hydrogens is 322 g/mol. The van der Waals surface area contributed by atoms with Gasteiger partial charge in [0.15, 0.2) is 0 Å². The first-order valence-corrected chi connectivity index (χ1v) is 9.18. The molecule has 0 spiro atoms. The van der Waals surface area contributed by atoms with E-state index in [2.05, 4.69) is 60.0 Å². The average molecular weight is 349 g/mol. The standard InChI is InChI=1S/C23H27NO2/c1-3-14-23(22(25)26-2)15-21(16-23)24(17-19-10-6-4-7-11-19)18-20-12-8-5-9-13-20/h3-13,21H,1,14-18H2,2H3/t21-,23+. The van der Waals surface area contributed by atoms with Crippen molar-refractivity contribution in [2.24, 2.45) is 5.41 Å². The minimum absolute atomic E-state index is 0.104. The number of methoxy groups -OCH3 is 1.